The average Bonchev–Trinajstić information content (AvgIpc) is 2.62. The van der Waals surface area contributed by atoms with Crippen molar-refractivity contribution >= 4 is 35.0 Å². The molecule has 0 amide bonds. The number of halogens is 2. The minimum Gasteiger partial charge on any atom is -0.507 e. The highest BCUT2D eigenvalue weighted by atomic mass is 35.5. The summed E-state index contributed by atoms with van der Waals surface area (Å²) >= 11 is 11.5. The minimum absolute atomic E-state index is 0.0243. The zero-order valence-electron chi connectivity index (χ0n) is 13.0. The fraction of sp³-hybridized carbons (Fsp3) is 0.111. The van der Waals surface area contributed by atoms with E-state index < -0.39 is 17.5 Å². The van der Waals surface area contributed by atoms with E-state index in [2.05, 4.69) is 6.58 Å². The molecule has 0 saturated heterocycles. The summed E-state index contributed by atoms with van der Waals surface area (Å²) in [5.41, 5.74) is 0.795. The van der Waals surface area contributed by atoms with Crippen LogP contribution >= 0.6 is 23.2 Å². The molecule has 0 saturated carbocycles. The molecule has 2 rings (SSSR count). The highest BCUT2D eigenvalue weighted by molar-refractivity contribution is 6.18. The summed E-state index contributed by atoms with van der Waals surface area (Å²) in [6.07, 6.45) is 0.919. The predicted molar refractivity (Wildman–Crippen MR) is 94.6 cm³/mol. The van der Waals surface area contributed by atoms with E-state index in [1.807, 2.05) is 0 Å². The van der Waals surface area contributed by atoms with Gasteiger partial charge in [-0.3, -0.25) is 4.79 Å². The minimum atomic E-state index is -0.805. The SMILES string of the molecule is C=CC(=O)Oc1c(CCl)ccc(C(=O)c2ccc(CCl)cc2O)c1O. The molecule has 0 aromatic heterocycles. The number of hydrogen-bond donors (Lipinski definition) is 2. The Hall–Kier alpha value is -2.50. The van der Waals surface area contributed by atoms with Gasteiger partial charge in [-0.05, 0) is 23.8 Å². The third-order valence-electron chi connectivity index (χ3n) is 3.43. The zero-order chi connectivity index (χ0) is 18.6. The van der Waals surface area contributed by atoms with E-state index in [9.17, 15) is 19.8 Å². The molecule has 7 heteroatoms. The molecule has 0 aliphatic carbocycles. The van der Waals surface area contributed by atoms with Gasteiger partial charge in [0.2, 0.25) is 5.78 Å². The number of esters is 1. The summed E-state index contributed by atoms with van der Waals surface area (Å²) in [6, 6.07) is 7.15. The van der Waals surface area contributed by atoms with Crippen LogP contribution in [0.25, 0.3) is 0 Å². The van der Waals surface area contributed by atoms with Crippen molar-refractivity contribution in [3.8, 4) is 17.2 Å². The Morgan fingerprint density at radius 2 is 1.76 bits per heavy atom. The van der Waals surface area contributed by atoms with Crippen molar-refractivity contribution in [2.75, 3.05) is 0 Å². The van der Waals surface area contributed by atoms with E-state index in [-0.39, 0.29) is 34.4 Å². The van der Waals surface area contributed by atoms with Gasteiger partial charge in [0, 0.05) is 17.5 Å². The van der Waals surface area contributed by atoms with Crippen LogP contribution in [0, 0.1) is 0 Å². The van der Waals surface area contributed by atoms with E-state index in [0.29, 0.717) is 11.1 Å². The summed E-state index contributed by atoms with van der Waals surface area (Å²) in [5, 5.41) is 20.4. The maximum absolute atomic E-state index is 12.6. The Labute approximate surface area is 154 Å². The second-order valence-corrected chi connectivity index (χ2v) is 5.56. The first-order chi connectivity index (χ1) is 11.9. The van der Waals surface area contributed by atoms with Gasteiger partial charge >= 0.3 is 5.97 Å². The fourth-order valence-corrected chi connectivity index (χ4v) is 2.53. The number of benzene rings is 2. The second kappa shape index (κ2) is 8.05. The quantitative estimate of drug-likeness (QED) is 0.261. The van der Waals surface area contributed by atoms with Gasteiger partial charge in [-0.25, -0.2) is 4.79 Å². The molecule has 5 nitrogen and oxygen atoms in total. The van der Waals surface area contributed by atoms with Crippen LogP contribution in [-0.2, 0) is 16.6 Å². The molecule has 2 aromatic rings. The van der Waals surface area contributed by atoms with E-state index in [1.165, 1.54) is 24.3 Å². The summed E-state index contributed by atoms with van der Waals surface area (Å²) in [7, 11) is 0. The van der Waals surface area contributed by atoms with Gasteiger partial charge in [-0.2, -0.15) is 0 Å². The Morgan fingerprint density at radius 1 is 1.08 bits per heavy atom. The largest absolute Gasteiger partial charge is 0.507 e. The lowest BCUT2D eigenvalue weighted by Gasteiger charge is -2.13. The number of phenols is 2. The smallest absolute Gasteiger partial charge is 0.335 e. The van der Waals surface area contributed by atoms with E-state index in [1.54, 1.807) is 6.07 Å². The number of rotatable bonds is 6. The number of aromatic hydroxyl groups is 2. The second-order valence-electron chi connectivity index (χ2n) is 5.02. The van der Waals surface area contributed by atoms with Gasteiger partial charge in [-0.1, -0.05) is 18.7 Å². The maximum Gasteiger partial charge on any atom is 0.335 e. The molecule has 0 bridgehead atoms. The molecule has 0 heterocycles. The molecule has 0 atom stereocenters. The highest BCUT2D eigenvalue weighted by Crippen LogP contribution is 2.37. The van der Waals surface area contributed by atoms with Crippen LogP contribution in [0.4, 0.5) is 0 Å². The van der Waals surface area contributed by atoms with Crippen LogP contribution in [-0.4, -0.2) is 22.0 Å². The zero-order valence-corrected chi connectivity index (χ0v) is 14.5. The molecule has 0 aliphatic heterocycles. The number of ketones is 1. The third-order valence-corrected chi connectivity index (χ3v) is 4.03. The first-order valence-electron chi connectivity index (χ1n) is 7.10. The molecule has 0 aliphatic rings. The van der Waals surface area contributed by atoms with Crippen molar-refractivity contribution in [2.24, 2.45) is 0 Å². The maximum atomic E-state index is 12.6. The number of ether oxygens (including phenoxy) is 1. The van der Waals surface area contributed by atoms with E-state index in [4.69, 9.17) is 27.9 Å². The van der Waals surface area contributed by atoms with Crippen LogP contribution in [0.3, 0.4) is 0 Å². The number of carbonyl (C=O) groups is 2. The van der Waals surface area contributed by atoms with Crippen molar-refractivity contribution < 1.29 is 24.5 Å². The van der Waals surface area contributed by atoms with Gasteiger partial charge in [-0.15, -0.1) is 23.2 Å². The van der Waals surface area contributed by atoms with Crippen LogP contribution in [0.2, 0.25) is 0 Å². The first kappa shape index (κ1) is 18.8. The highest BCUT2D eigenvalue weighted by Gasteiger charge is 2.23. The van der Waals surface area contributed by atoms with Gasteiger partial charge in [0.05, 0.1) is 17.0 Å². The van der Waals surface area contributed by atoms with E-state index in [0.717, 1.165) is 6.08 Å². The summed E-state index contributed by atoms with van der Waals surface area (Å²) in [4.78, 5) is 24.1. The van der Waals surface area contributed by atoms with Crippen molar-refractivity contribution in [3.63, 3.8) is 0 Å². The number of hydrogen-bond acceptors (Lipinski definition) is 5. The first-order valence-corrected chi connectivity index (χ1v) is 8.17. The lowest BCUT2D eigenvalue weighted by molar-refractivity contribution is -0.129. The van der Waals surface area contributed by atoms with E-state index >= 15 is 0 Å². The number of phenolic OH excluding ortho intramolecular Hbond substituents is 2. The Kier molecular flexibility index (Phi) is 6.07. The Balaban J connectivity index is 2.52. The number of alkyl halides is 2. The summed E-state index contributed by atoms with van der Waals surface area (Å²) in [5.74, 6) is -2.35. The monoisotopic (exact) mass is 380 g/mol. The molecule has 25 heavy (non-hydrogen) atoms. The molecule has 0 unspecified atom stereocenters. The summed E-state index contributed by atoms with van der Waals surface area (Å²) in [6.45, 7) is 3.28. The van der Waals surface area contributed by atoms with Crippen molar-refractivity contribution in [1.29, 1.82) is 0 Å². The third kappa shape index (κ3) is 3.95. The van der Waals surface area contributed by atoms with Gasteiger partial charge in [0.25, 0.3) is 0 Å². The Bertz CT molecular complexity index is 846. The average molecular weight is 381 g/mol. The van der Waals surface area contributed by atoms with Gasteiger partial charge < -0.3 is 14.9 Å². The lowest BCUT2D eigenvalue weighted by atomic mass is 9.98. The molecular formula is C18H14Cl2O5. The topological polar surface area (TPSA) is 83.8 Å². The van der Waals surface area contributed by atoms with Crippen molar-refractivity contribution in [3.05, 3.63) is 65.2 Å². The normalized spacial score (nSPS) is 10.3. The predicted octanol–water partition coefficient (Wildman–Crippen LogP) is 3.90. The molecule has 0 spiro atoms. The van der Waals surface area contributed by atoms with Gasteiger partial charge in [0.15, 0.2) is 11.5 Å². The van der Waals surface area contributed by atoms with Crippen LogP contribution in [0.5, 0.6) is 17.2 Å². The van der Waals surface area contributed by atoms with Crippen LogP contribution in [0.1, 0.15) is 27.0 Å². The molecular weight excluding hydrogens is 367 g/mol. The standard InChI is InChI=1S/C18H14Cl2O5/c1-2-15(22)25-18-11(9-20)4-6-13(17(18)24)16(23)12-5-3-10(8-19)7-14(12)21/h2-7,21,24H,1,8-9H2. The number of carbonyl (C=O) groups excluding carboxylic acids is 2. The molecule has 2 aromatic carbocycles. The van der Waals surface area contributed by atoms with Crippen LogP contribution in [0.15, 0.2) is 43.0 Å². The molecule has 2 N–H and O–H groups in total. The van der Waals surface area contributed by atoms with Gasteiger partial charge in [0.1, 0.15) is 5.75 Å². The molecule has 0 radical (unpaired) electrons. The Morgan fingerprint density at radius 3 is 2.32 bits per heavy atom. The summed E-state index contributed by atoms with van der Waals surface area (Å²) < 4.78 is 4.99. The van der Waals surface area contributed by atoms with Crippen molar-refractivity contribution in [1.82, 2.24) is 0 Å². The van der Waals surface area contributed by atoms with Crippen LogP contribution < -0.4 is 4.74 Å². The molecule has 130 valence electrons. The molecule has 0 fully saturated rings. The fourth-order valence-electron chi connectivity index (χ4n) is 2.15. The lowest BCUT2D eigenvalue weighted by Crippen LogP contribution is -2.08. The van der Waals surface area contributed by atoms with Crippen molar-refractivity contribution in [2.45, 2.75) is 11.8 Å².